The number of allylic oxidation sites excluding steroid dienone is 1. The Morgan fingerprint density at radius 1 is 1.36 bits per heavy atom. The molecule has 0 atom stereocenters. The predicted molar refractivity (Wildman–Crippen MR) is 60.4 cm³/mol. The second kappa shape index (κ2) is 4.43. The van der Waals surface area contributed by atoms with Crippen molar-refractivity contribution in [2.45, 2.75) is 20.8 Å². The normalized spacial score (nSPS) is 12.3. The summed E-state index contributed by atoms with van der Waals surface area (Å²) < 4.78 is 0. The van der Waals surface area contributed by atoms with Gasteiger partial charge in [0.1, 0.15) is 6.29 Å². The van der Waals surface area contributed by atoms with Crippen LogP contribution in [0.15, 0.2) is 23.8 Å². The maximum Gasteiger partial charge on any atom is 0.147 e. The van der Waals surface area contributed by atoms with E-state index in [4.69, 9.17) is 11.6 Å². The van der Waals surface area contributed by atoms with Crippen molar-refractivity contribution in [1.82, 2.24) is 0 Å². The van der Waals surface area contributed by atoms with Crippen LogP contribution in [0.25, 0.3) is 5.03 Å². The van der Waals surface area contributed by atoms with Crippen LogP contribution in [0, 0.1) is 13.8 Å². The van der Waals surface area contributed by atoms with E-state index in [9.17, 15) is 4.79 Å². The molecule has 0 bridgehead atoms. The van der Waals surface area contributed by atoms with Gasteiger partial charge < -0.3 is 0 Å². The van der Waals surface area contributed by atoms with Crippen molar-refractivity contribution in [2.24, 2.45) is 0 Å². The van der Waals surface area contributed by atoms with Gasteiger partial charge in [-0.05, 0) is 31.9 Å². The second-order valence-electron chi connectivity index (χ2n) is 3.43. The first-order valence-corrected chi connectivity index (χ1v) is 4.83. The summed E-state index contributed by atoms with van der Waals surface area (Å²) in [7, 11) is 0. The topological polar surface area (TPSA) is 17.1 Å². The summed E-state index contributed by atoms with van der Waals surface area (Å²) in [6.45, 7) is 5.73. The fourth-order valence-corrected chi connectivity index (χ4v) is 1.58. The van der Waals surface area contributed by atoms with Crippen molar-refractivity contribution < 1.29 is 4.79 Å². The summed E-state index contributed by atoms with van der Waals surface area (Å²) in [6.07, 6.45) is 0.779. The Kier molecular flexibility index (Phi) is 3.48. The molecule has 0 saturated carbocycles. The number of benzene rings is 1. The molecular weight excluding hydrogens is 196 g/mol. The minimum atomic E-state index is 0.539. The van der Waals surface area contributed by atoms with Gasteiger partial charge >= 0.3 is 0 Å². The summed E-state index contributed by atoms with van der Waals surface area (Å²) in [4.78, 5) is 10.6. The van der Waals surface area contributed by atoms with E-state index in [-0.39, 0.29) is 0 Å². The lowest BCUT2D eigenvalue weighted by Gasteiger charge is -2.06. The van der Waals surface area contributed by atoms with Crippen molar-refractivity contribution in [2.75, 3.05) is 0 Å². The Labute approximate surface area is 89.4 Å². The highest BCUT2D eigenvalue weighted by molar-refractivity contribution is 6.50. The molecule has 1 rings (SSSR count). The molecule has 0 fully saturated rings. The van der Waals surface area contributed by atoms with Gasteiger partial charge in [0.25, 0.3) is 0 Å². The molecule has 14 heavy (non-hydrogen) atoms. The van der Waals surface area contributed by atoms with Gasteiger partial charge in [-0.2, -0.15) is 0 Å². The Balaban J connectivity index is 3.27. The molecule has 0 aliphatic carbocycles. The molecule has 1 aromatic carbocycles. The maximum absolute atomic E-state index is 10.6. The molecule has 1 nitrogen and oxygen atoms in total. The van der Waals surface area contributed by atoms with Gasteiger partial charge in [-0.3, -0.25) is 4.79 Å². The zero-order valence-electron chi connectivity index (χ0n) is 8.60. The highest BCUT2D eigenvalue weighted by atomic mass is 35.5. The molecule has 0 saturated heterocycles. The number of hydrogen-bond acceptors (Lipinski definition) is 1. The molecule has 0 spiro atoms. The molecule has 0 unspecified atom stereocenters. The minimum Gasteiger partial charge on any atom is -0.298 e. The summed E-state index contributed by atoms with van der Waals surface area (Å²) in [5.74, 6) is 0. The summed E-state index contributed by atoms with van der Waals surface area (Å²) >= 11 is 6.06. The molecule has 0 heterocycles. The third-order valence-electron chi connectivity index (χ3n) is 2.14. The van der Waals surface area contributed by atoms with Crippen molar-refractivity contribution >= 4 is 22.9 Å². The van der Waals surface area contributed by atoms with Crippen molar-refractivity contribution in [1.29, 1.82) is 0 Å². The predicted octanol–water partition coefficient (Wildman–Crippen LogP) is 3.47. The molecule has 1 aromatic rings. The van der Waals surface area contributed by atoms with E-state index in [1.54, 1.807) is 6.92 Å². The highest BCUT2D eigenvalue weighted by Crippen LogP contribution is 2.25. The van der Waals surface area contributed by atoms with Gasteiger partial charge in [0.05, 0.1) is 5.03 Å². The van der Waals surface area contributed by atoms with Crippen molar-refractivity contribution in [3.8, 4) is 0 Å². The molecule has 0 aromatic heterocycles. The van der Waals surface area contributed by atoms with Crippen LogP contribution in [0.1, 0.15) is 23.6 Å². The molecule has 0 aliphatic rings. The minimum absolute atomic E-state index is 0.539. The monoisotopic (exact) mass is 208 g/mol. The zero-order valence-corrected chi connectivity index (χ0v) is 9.35. The number of rotatable bonds is 2. The van der Waals surface area contributed by atoms with Gasteiger partial charge in [0, 0.05) is 5.57 Å². The van der Waals surface area contributed by atoms with E-state index in [0.29, 0.717) is 10.6 Å². The first-order chi connectivity index (χ1) is 6.56. The number of carbonyl (C=O) groups excluding carboxylic acids is 1. The van der Waals surface area contributed by atoms with Crippen LogP contribution in [0.4, 0.5) is 0 Å². The standard InChI is InChI=1S/C12H13ClO/c1-8-4-5-11(9(2)6-8)12(13)10(3)7-14/h4-7H,1-3H3/b12-10+. The number of aldehydes is 1. The van der Waals surface area contributed by atoms with Crippen LogP contribution in [0.5, 0.6) is 0 Å². The van der Waals surface area contributed by atoms with Crippen LogP contribution in [0.3, 0.4) is 0 Å². The van der Waals surface area contributed by atoms with E-state index < -0.39 is 0 Å². The molecule has 0 radical (unpaired) electrons. The van der Waals surface area contributed by atoms with Crippen LogP contribution in [-0.2, 0) is 4.79 Å². The van der Waals surface area contributed by atoms with Gasteiger partial charge in [-0.1, -0.05) is 35.4 Å². The van der Waals surface area contributed by atoms with Crippen molar-refractivity contribution in [3.05, 3.63) is 40.5 Å². The Hall–Kier alpha value is -1.08. The molecule has 0 N–H and O–H groups in total. The van der Waals surface area contributed by atoms with Crippen LogP contribution in [-0.4, -0.2) is 6.29 Å². The third kappa shape index (κ3) is 2.24. The third-order valence-corrected chi connectivity index (χ3v) is 2.64. The van der Waals surface area contributed by atoms with Crippen LogP contribution >= 0.6 is 11.6 Å². The van der Waals surface area contributed by atoms with Gasteiger partial charge in [0.15, 0.2) is 0 Å². The lowest BCUT2D eigenvalue weighted by molar-refractivity contribution is -0.104. The smallest absolute Gasteiger partial charge is 0.147 e. The molecular formula is C12H13ClO. The lowest BCUT2D eigenvalue weighted by atomic mass is 10.0. The largest absolute Gasteiger partial charge is 0.298 e. The summed E-state index contributed by atoms with van der Waals surface area (Å²) in [6, 6.07) is 5.98. The summed E-state index contributed by atoms with van der Waals surface area (Å²) in [5, 5.41) is 0.539. The Morgan fingerprint density at radius 2 is 2.00 bits per heavy atom. The van der Waals surface area contributed by atoms with Gasteiger partial charge in [0.2, 0.25) is 0 Å². The van der Waals surface area contributed by atoms with Gasteiger partial charge in [-0.25, -0.2) is 0 Å². The Bertz CT molecular complexity index is 391. The molecule has 2 heteroatoms. The van der Waals surface area contributed by atoms with E-state index in [1.165, 1.54) is 5.56 Å². The van der Waals surface area contributed by atoms with Crippen LogP contribution < -0.4 is 0 Å². The SMILES string of the molecule is C/C(C=O)=C(\Cl)c1ccc(C)cc1C. The van der Waals surface area contributed by atoms with Crippen molar-refractivity contribution in [3.63, 3.8) is 0 Å². The van der Waals surface area contributed by atoms with Crippen LogP contribution in [0.2, 0.25) is 0 Å². The molecule has 0 amide bonds. The van der Waals surface area contributed by atoms with E-state index in [1.807, 2.05) is 26.0 Å². The average molecular weight is 209 g/mol. The number of hydrogen-bond donors (Lipinski definition) is 0. The number of aryl methyl sites for hydroxylation is 2. The first-order valence-electron chi connectivity index (χ1n) is 4.45. The van der Waals surface area contributed by atoms with E-state index >= 15 is 0 Å². The zero-order chi connectivity index (χ0) is 10.7. The fourth-order valence-electron chi connectivity index (χ4n) is 1.32. The number of halogens is 1. The number of carbonyl (C=O) groups is 1. The lowest BCUT2D eigenvalue weighted by Crippen LogP contribution is -1.89. The molecule has 74 valence electrons. The summed E-state index contributed by atoms with van der Waals surface area (Å²) in [5.41, 5.74) is 3.79. The highest BCUT2D eigenvalue weighted by Gasteiger charge is 2.05. The Morgan fingerprint density at radius 3 is 2.50 bits per heavy atom. The van der Waals surface area contributed by atoms with Gasteiger partial charge in [-0.15, -0.1) is 0 Å². The quantitative estimate of drug-likeness (QED) is 0.537. The van der Waals surface area contributed by atoms with E-state index in [2.05, 4.69) is 6.07 Å². The first kappa shape index (κ1) is 11.0. The second-order valence-corrected chi connectivity index (χ2v) is 3.81. The molecule has 0 aliphatic heterocycles. The fraction of sp³-hybridized carbons (Fsp3) is 0.250. The average Bonchev–Trinajstić information content (AvgIpc) is 2.15. The van der Waals surface area contributed by atoms with E-state index in [0.717, 1.165) is 17.4 Å². The maximum atomic E-state index is 10.6.